The lowest BCUT2D eigenvalue weighted by atomic mass is 10.2. The number of halogens is 1. The monoisotopic (exact) mass is 323 g/mol. The Hall–Kier alpha value is -1.36. The fourth-order valence-electron chi connectivity index (χ4n) is 1.98. The van der Waals surface area contributed by atoms with Gasteiger partial charge >= 0.3 is 0 Å². The standard InChI is InChI=1S/C14H18BrN3O/c1-3-4-5-13(19)16-7-12-9-18-8-11(15)6-10(2)14(18)17-12/h6,8-9H,3-5,7H2,1-2H3,(H,16,19). The number of nitrogens with zero attached hydrogens (tertiary/aromatic N) is 2. The van der Waals surface area contributed by atoms with E-state index in [9.17, 15) is 4.79 Å². The number of hydrogen-bond donors (Lipinski definition) is 1. The zero-order valence-corrected chi connectivity index (χ0v) is 12.8. The number of nitrogens with one attached hydrogen (secondary N) is 1. The molecule has 1 amide bonds. The number of carbonyl (C=O) groups is 1. The van der Waals surface area contributed by atoms with Crippen molar-refractivity contribution in [3.05, 3.63) is 34.2 Å². The van der Waals surface area contributed by atoms with Crippen LogP contribution >= 0.6 is 15.9 Å². The minimum Gasteiger partial charge on any atom is -0.350 e. The number of hydrogen-bond acceptors (Lipinski definition) is 2. The van der Waals surface area contributed by atoms with E-state index in [-0.39, 0.29) is 5.91 Å². The van der Waals surface area contributed by atoms with E-state index < -0.39 is 0 Å². The van der Waals surface area contributed by atoms with Crippen molar-refractivity contribution < 1.29 is 4.79 Å². The van der Waals surface area contributed by atoms with Crippen LogP contribution in [0.5, 0.6) is 0 Å². The summed E-state index contributed by atoms with van der Waals surface area (Å²) in [6.45, 7) is 4.59. The largest absolute Gasteiger partial charge is 0.350 e. The number of amides is 1. The van der Waals surface area contributed by atoms with Crippen molar-refractivity contribution in [3.63, 3.8) is 0 Å². The molecule has 0 aliphatic carbocycles. The first kappa shape index (κ1) is 14.1. The summed E-state index contributed by atoms with van der Waals surface area (Å²) in [5, 5.41) is 2.90. The van der Waals surface area contributed by atoms with Gasteiger partial charge in [-0.25, -0.2) is 4.98 Å². The van der Waals surface area contributed by atoms with E-state index in [1.165, 1.54) is 0 Å². The summed E-state index contributed by atoms with van der Waals surface area (Å²) in [7, 11) is 0. The summed E-state index contributed by atoms with van der Waals surface area (Å²) in [5.41, 5.74) is 2.92. The van der Waals surface area contributed by atoms with Gasteiger partial charge in [-0.1, -0.05) is 13.3 Å². The second-order valence-electron chi connectivity index (χ2n) is 4.68. The van der Waals surface area contributed by atoms with Gasteiger partial charge < -0.3 is 9.72 Å². The predicted molar refractivity (Wildman–Crippen MR) is 79.0 cm³/mol. The third-order valence-electron chi connectivity index (χ3n) is 2.98. The Labute approximate surface area is 121 Å². The molecule has 0 saturated heterocycles. The van der Waals surface area contributed by atoms with Gasteiger partial charge in [0.05, 0.1) is 12.2 Å². The lowest BCUT2D eigenvalue weighted by Crippen LogP contribution is -2.22. The highest BCUT2D eigenvalue weighted by Gasteiger charge is 2.06. The first-order valence-corrected chi connectivity index (χ1v) is 7.30. The summed E-state index contributed by atoms with van der Waals surface area (Å²) >= 11 is 3.46. The fourth-order valence-corrected chi connectivity index (χ4v) is 2.54. The summed E-state index contributed by atoms with van der Waals surface area (Å²) in [4.78, 5) is 16.1. The van der Waals surface area contributed by atoms with Gasteiger partial charge in [0, 0.05) is 23.3 Å². The third kappa shape index (κ3) is 3.56. The third-order valence-corrected chi connectivity index (χ3v) is 3.41. The fraction of sp³-hybridized carbons (Fsp3) is 0.429. The van der Waals surface area contributed by atoms with E-state index in [1.807, 2.05) is 29.8 Å². The van der Waals surface area contributed by atoms with Gasteiger partial charge in [0.2, 0.25) is 5.91 Å². The van der Waals surface area contributed by atoms with Gasteiger partial charge in [-0.3, -0.25) is 4.79 Å². The molecule has 0 bridgehead atoms. The van der Waals surface area contributed by atoms with E-state index in [4.69, 9.17) is 0 Å². The second kappa shape index (κ2) is 6.19. The quantitative estimate of drug-likeness (QED) is 0.918. The van der Waals surface area contributed by atoms with Crippen LogP contribution in [0.25, 0.3) is 5.65 Å². The van der Waals surface area contributed by atoms with Gasteiger partial charge in [-0.05, 0) is 40.9 Å². The number of pyridine rings is 1. The molecule has 0 atom stereocenters. The first-order chi connectivity index (χ1) is 9.10. The number of imidazole rings is 1. The molecule has 5 heteroatoms. The molecular formula is C14H18BrN3O. The molecule has 0 spiro atoms. The molecule has 2 aromatic heterocycles. The number of aromatic nitrogens is 2. The van der Waals surface area contributed by atoms with E-state index in [1.54, 1.807) is 0 Å². The second-order valence-corrected chi connectivity index (χ2v) is 5.60. The number of fused-ring (bicyclic) bond motifs is 1. The van der Waals surface area contributed by atoms with E-state index in [0.717, 1.165) is 34.2 Å². The van der Waals surface area contributed by atoms with Crippen LogP contribution in [0.15, 0.2) is 22.9 Å². The Balaban J connectivity index is 2.06. The minimum atomic E-state index is 0.0943. The lowest BCUT2D eigenvalue weighted by molar-refractivity contribution is -0.121. The zero-order chi connectivity index (χ0) is 13.8. The average molecular weight is 324 g/mol. The molecule has 0 radical (unpaired) electrons. The van der Waals surface area contributed by atoms with Gasteiger partial charge in [0.1, 0.15) is 5.65 Å². The maximum absolute atomic E-state index is 11.6. The highest BCUT2D eigenvalue weighted by Crippen LogP contribution is 2.17. The van der Waals surface area contributed by atoms with Crippen LogP contribution in [0.3, 0.4) is 0 Å². The van der Waals surface area contributed by atoms with Crippen molar-refractivity contribution >= 4 is 27.5 Å². The summed E-state index contributed by atoms with van der Waals surface area (Å²) in [6, 6.07) is 2.03. The smallest absolute Gasteiger partial charge is 0.220 e. The maximum Gasteiger partial charge on any atom is 0.220 e. The maximum atomic E-state index is 11.6. The van der Waals surface area contributed by atoms with Crippen molar-refractivity contribution in [1.29, 1.82) is 0 Å². The summed E-state index contributed by atoms with van der Waals surface area (Å²) in [6.07, 6.45) is 6.48. The van der Waals surface area contributed by atoms with E-state index in [0.29, 0.717) is 13.0 Å². The molecule has 0 fully saturated rings. The summed E-state index contributed by atoms with van der Waals surface area (Å²) in [5.74, 6) is 0.0943. The van der Waals surface area contributed by atoms with Crippen LogP contribution < -0.4 is 5.32 Å². The van der Waals surface area contributed by atoms with Crippen LogP contribution in [0.1, 0.15) is 37.4 Å². The van der Waals surface area contributed by atoms with Crippen LogP contribution in [0.4, 0.5) is 0 Å². The van der Waals surface area contributed by atoms with Crippen molar-refractivity contribution in [3.8, 4) is 0 Å². The molecule has 2 aromatic rings. The van der Waals surface area contributed by atoms with E-state index >= 15 is 0 Å². The molecule has 0 saturated carbocycles. The predicted octanol–water partition coefficient (Wildman–Crippen LogP) is 3.21. The normalized spacial score (nSPS) is 10.9. The van der Waals surface area contributed by atoms with Crippen LogP contribution in [0.2, 0.25) is 0 Å². The Morgan fingerprint density at radius 1 is 1.47 bits per heavy atom. The van der Waals surface area contributed by atoms with Gasteiger partial charge in [0.25, 0.3) is 0 Å². The molecule has 2 heterocycles. The molecule has 0 aromatic carbocycles. The molecule has 0 aliphatic rings. The van der Waals surface area contributed by atoms with Crippen LogP contribution in [-0.2, 0) is 11.3 Å². The highest BCUT2D eigenvalue weighted by molar-refractivity contribution is 9.10. The molecule has 102 valence electrons. The van der Waals surface area contributed by atoms with E-state index in [2.05, 4.69) is 33.2 Å². The minimum absolute atomic E-state index is 0.0943. The molecular weight excluding hydrogens is 306 g/mol. The van der Waals surface area contributed by atoms with Crippen molar-refractivity contribution in [1.82, 2.24) is 14.7 Å². The lowest BCUT2D eigenvalue weighted by Gasteiger charge is -2.01. The molecule has 1 N–H and O–H groups in total. The number of carbonyl (C=O) groups excluding carboxylic acids is 1. The van der Waals surface area contributed by atoms with Crippen molar-refractivity contribution in [2.24, 2.45) is 0 Å². The Morgan fingerprint density at radius 2 is 2.26 bits per heavy atom. The molecule has 0 aliphatic heterocycles. The molecule has 0 unspecified atom stereocenters. The SMILES string of the molecule is CCCCC(=O)NCc1cn2cc(Br)cc(C)c2n1. The number of rotatable bonds is 5. The zero-order valence-electron chi connectivity index (χ0n) is 11.2. The van der Waals surface area contributed by atoms with Gasteiger partial charge in [0.15, 0.2) is 0 Å². The molecule has 19 heavy (non-hydrogen) atoms. The van der Waals surface area contributed by atoms with Gasteiger partial charge in [-0.15, -0.1) is 0 Å². The van der Waals surface area contributed by atoms with Crippen LogP contribution in [0, 0.1) is 6.92 Å². The van der Waals surface area contributed by atoms with Gasteiger partial charge in [-0.2, -0.15) is 0 Å². The van der Waals surface area contributed by atoms with Crippen molar-refractivity contribution in [2.45, 2.75) is 39.7 Å². The Bertz CT molecular complexity index is 592. The summed E-state index contributed by atoms with van der Waals surface area (Å²) < 4.78 is 3.00. The molecule has 2 rings (SSSR count). The number of aryl methyl sites for hydroxylation is 1. The first-order valence-electron chi connectivity index (χ1n) is 6.50. The molecule has 4 nitrogen and oxygen atoms in total. The Kier molecular flexibility index (Phi) is 4.58. The Morgan fingerprint density at radius 3 is 3.00 bits per heavy atom. The number of unbranched alkanes of at least 4 members (excludes halogenated alkanes) is 1. The topological polar surface area (TPSA) is 46.4 Å². The highest BCUT2D eigenvalue weighted by atomic mass is 79.9. The average Bonchev–Trinajstić information content (AvgIpc) is 2.77. The van der Waals surface area contributed by atoms with Crippen LogP contribution in [-0.4, -0.2) is 15.3 Å². The van der Waals surface area contributed by atoms with Crippen molar-refractivity contribution in [2.75, 3.05) is 0 Å².